The highest BCUT2D eigenvalue weighted by atomic mass is 16.5. The van der Waals surface area contributed by atoms with E-state index in [9.17, 15) is 4.79 Å². The monoisotopic (exact) mass is 283 g/mol. The van der Waals surface area contributed by atoms with Crippen molar-refractivity contribution in [3.8, 4) is 17.0 Å². The molecule has 0 bridgehead atoms. The van der Waals surface area contributed by atoms with Crippen molar-refractivity contribution >= 4 is 5.78 Å². The van der Waals surface area contributed by atoms with Gasteiger partial charge in [0.05, 0.1) is 12.8 Å². The summed E-state index contributed by atoms with van der Waals surface area (Å²) in [6.07, 6.45) is 0. The van der Waals surface area contributed by atoms with Crippen molar-refractivity contribution in [2.75, 3.05) is 7.11 Å². The van der Waals surface area contributed by atoms with Crippen LogP contribution in [-0.2, 0) is 5.41 Å². The molecular formula is C18H21NO2. The maximum absolute atomic E-state index is 11.8. The Labute approximate surface area is 126 Å². The summed E-state index contributed by atoms with van der Waals surface area (Å²) in [6, 6.07) is 11.4. The van der Waals surface area contributed by atoms with Crippen molar-refractivity contribution in [1.29, 1.82) is 0 Å². The van der Waals surface area contributed by atoms with Crippen LogP contribution in [0, 0.1) is 0 Å². The quantitative estimate of drug-likeness (QED) is 0.790. The zero-order chi connectivity index (χ0) is 15.6. The lowest BCUT2D eigenvalue weighted by Crippen LogP contribution is -2.15. The number of hydrogen-bond acceptors (Lipinski definition) is 3. The molecule has 0 saturated carbocycles. The number of ketones is 1. The van der Waals surface area contributed by atoms with Gasteiger partial charge in [0.1, 0.15) is 5.75 Å². The van der Waals surface area contributed by atoms with Gasteiger partial charge in [-0.3, -0.25) is 9.78 Å². The van der Waals surface area contributed by atoms with Crippen molar-refractivity contribution in [3.63, 3.8) is 0 Å². The van der Waals surface area contributed by atoms with E-state index in [0.29, 0.717) is 5.56 Å². The summed E-state index contributed by atoms with van der Waals surface area (Å²) in [5, 5.41) is 0. The topological polar surface area (TPSA) is 39.2 Å². The first-order valence-corrected chi connectivity index (χ1v) is 7.00. The molecule has 3 nitrogen and oxygen atoms in total. The normalized spacial score (nSPS) is 11.3. The zero-order valence-electron chi connectivity index (χ0n) is 13.2. The predicted molar refractivity (Wildman–Crippen MR) is 84.9 cm³/mol. The average Bonchev–Trinajstić information content (AvgIpc) is 2.45. The van der Waals surface area contributed by atoms with Crippen LogP contribution in [0.15, 0.2) is 36.4 Å². The van der Waals surface area contributed by atoms with Crippen molar-refractivity contribution in [2.45, 2.75) is 33.1 Å². The summed E-state index contributed by atoms with van der Waals surface area (Å²) < 4.78 is 5.40. The number of carbonyl (C=O) groups is 1. The molecule has 0 unspecified atom stereocenters. The molecule has 2 aromatic rings. The molecule has 0 aliphatic rings. The SMILES string of the molecule is COc1ccccc1-c1cc(C(C)=O)cc(C(C)(C)C)n1. The van der Waals surface area contributed by atoms with Crippen LogP contribution in [0.5, 0.6) is 5.75 Å². The lowest BCUT2D eigenvalue weighted by molar-refractivity contribution is 0.101. The van der Waals surface area contributed by atoms with E-state index in [1.165, 1.54) is 0 Å². The van der Waals surface area contributed by atoms with Gasteiger partial charge in [-0.25, -0.2) is 0 Å². The number of ether oxygens (including phenoxy) is 1. The second kappa shape index (κ2) is 5.68. The summed E-state index contributed by atoms with van der Waals surface area (Å²) in [5.74, 6) is 0.796. The molecule has 0 radical (unpaired) electrons. The van der Waals surface area contributed by atoms with E-state index in [2.05, 4.69) is 20.8 Å². The van der Waals surface area contributed by atoms with E-state index in [1.807, 2.05) is 36.4 Å². The molecule has 21 heavy (non-hydrogen) atoms. The van der Waals surface area contributed by atoms with Crippen LogP contribution in [0.4, 0.5) is 0 Å². The van der Waals surface area contributed by atoms with E-state index in [4.69, 9.17) is 9.72 Å². The number of methoxy groups -OCH3 is 1. The van der Waals surface area contributed by atoms with Crippen LogP contribution in [0.1, 0.15) is 43.7 Å². The summed E-state index contributed by atoms with van der Waals surface area (Å²) in [4.78, 5) is 16.5. The molecule has 0 aliphatic heterocycles. The van der Waals surface area contributed by atoms with Crippen molar-refractivity contribution in [2.24, 2.45) is 0 Å². The second-order valence-electron chi connectivity index (χ2n) is 6.13. The Balaban J connectivity index is 2.68. The Morgan fingerprint density at radius 3 is 2.38 bits per heavy atom. The molecule has 2 rings (SSSR count). The highest BCUT2D eigenvalue weighted by molar-refractivity contribution is 5.95. The predicted octanol–water partition coefficient (Wildman–Crippen LogP) is 4.26. The number of hydrogen-bond donors (Lipinski definition) is 0. The number of nitrogens with zero attached hydrogens (tertiary/aromatic N) is 1. The first-order chi connectivity index (χ1) is 9.82. The standard InChI is InChI=1S/C18H21NO2/c1-12(20)13-10-15(19-17(11-13)18(2,3)4)14-8-6-7-9-16(14)21-5/h6-11H,1-5H3. The van der Waals surface area contributed by atoms with Crippen LogP contribution in [-0.4, -0.2) is 17.9 Å². The van der Waals surface area contributed by atoms with Gasteiger partial charge in [0.25, 0.3) is 0 Å². The number of aromatic nitrogens is 1. The van der Waals surface area contributed by atoms with Crippen LogP contribution in [0.2, 0.25) is 0 Å². The van der Waals surface area contributed by atoms with Gasteiger partial charge < -0.3 is 4.74 Å². The minimum Gasteiger partial charge on any atom is -0.496 e. The van der Waals surface area contributed by atoms with E-state index >= 15 is 0 Å². The fourth-order valence-corrected chi connectivity index (χ4v) is 2.11. The smallest absolute Gasteiger partial charge is 0.159 e. The van der Waals surface area contributed by atoms with Gasteiger partial charge in [-0.05, 0) is 31.2 Å². The lowest BCUT2D eigenvalue weighted by Gasteiger charge is -2.20. The van der Waals surface area contributed by atoms with E-state index in [1.54, 1.807) is 14.0 Å². The summed E-state index contributed by atoms with van der Waals surface area (Å²) in [7, 11) is 1.64. The molecule has 110 valence electrons. The minimum absolute atomic E-state index is 0.0408. The van der Waals surface area contributed by atoms with E-state index in [-0.39, 0.29) is 11.2 Å². The molecule has 0 fully saturated rings. The van der Waals surface area contributed by atoms with Crippen molar-refractivity contribution in [1.82, 2.24) is 4.98 Å². The maximum atomic E-state index is 11.8. The Bertz CT molecular complexity index is 669. The number of benzene rings is 1. The number of para-hydroxylation sites is 1. The molecule has 0 spiro atoms. The molecule has 0 saturated heterocycles. The van der Waals surface area contributed by atoms with Crippen LogP contribution in [0.25, 0.3) is 11.3 Å². The third kappa shape index (κ3) is 3.30. The maximum Gasteiger partial charge on any atom is 0.159 e. The summed E-state index contributed by atoms with van der Waals surface area (Å²) in [6.45, 7) is 7.84. The number of pyridine rings is 1. The Morgan fingerprint density at radius 2 is 1.81 bits per heavy atom. The lowest BCUT2D eigenvalue weighted by atomic mass is 9.89. The molecule has 0 amide bonds. The number of rotatable bonds is 3. The fraction of sp³-hybridized carbons (Fsp3) is 0.333. The van der Waals surface area contributed by atoms with Gasteiger partial charge >= 0.3 is 0 Å². The summed E-state index contributed by atoms with van der Waals surface area (Å²) in [5.41, 5.74) is 3.12. The minimum atomic E-state index is -0.123. The third-order valence-electron chi connectivity index (χ3n) is 3.38. The first kappa shape index (κ1) is 15.2. The molecule has 0 aliphatic carbocycles. The third-order valence-corrected chi connectivity index (χ3v) is 3.38. The van der Waals surface area contributed by atoms with Gasteiger partial charge in [0, 0.05) is 22.2 Å². The highest BCUT2D eigenvalue weighted by Gasteiger charge is 2.19. The van der Waals surface area contributed by atoms with Crippen LogP contribution in [0.3, 0.4) is 0 Å². The first-order valence-electron chi connectivity index (χ1n) is 7.00. The van der Waals surface area contributed by atoms with E-state index in [0.717, 1.165) is 22.7 Å². The van der Waals surface area contributed by atoms with Gasteiger partial charge in [-0.1, -0.05) is 32.9 Å². The van der Waals surface area contributed by atoms with Crippen LogP contribution >= 0.6 is 0 Å². The molecule has 1 heterocycles. The van der Waals surface area contributed by atoms with Crippen LogP contribution < -0.4 is 4.74 Å². The molecule has 0 N–H and O–H groups in total. The van der Waals surface area contributed by atoms with Gasteiger partial charge in [0.2, 0.25) is 0 Å². The largest absolute Gasteiger partial charge is 0.496 e. The zero-order valence-corrected chi connectivity index (χ0v) is 13.2. The Morgan fingerprint density at radius 1 is 1.14 bits per heavy atom. The molecule has 3 heteroatoms. The van der Waals surface area contributed by atoms with E-state index < -0.39 is 0 Å². The van der Waals surface area contributed by atoms with Crippen molar-refractivity contribution in [3.05, 3.63) is 47.7 Å². The summed E-state index contributed by atoms with van der Waals surface area (Å²) >= 11 is 0. The van der Waals surface area contributed by atoms with Crippen molar-refractivity contribution < 1.29 is 9.53 Å². The second-order valence-corrected chi connectivity index (χ2v) is 6.13. The Kier molecular flexibility index (Phi) is 4.12. The molecule has 1 aromatic heterocycles. The number of Topliss-reactive ketones (excluding diaryl/α,β-unsaturated/α-hetero) is 1. The highest BCUT2D eigenvalue weighted by Crippen LogP contribution is 2.31. The number of carbonyl (C=O) groups excluding carboxylic acids is 1. The fourth-order valence-electron chi connectivity index (χ4n) is 2.11. The molecular weight excluding hydrogens is 262 g/mol. The van der Waals surface area contributed by atoms with Gasteiger partial charge in [-0.2, -0.15) is 0 Å². The molecule has 0 atom stereocenters. The Hall–Kier alpha value is -2.16. The van der Waals surface area contributed by atoms with Gasteiger partial charge in [-0.15, -0.1) is 0 Å². The van der Waals surface area contributed by atoms with Gasteiger partial charge in [0.15, 0.2) is 5.78 Å². The molecule has 1 aromatic carbocycles. The average molecular weight is 283 g/mol.